The molecular formula is C23H28ClFN2O2S. The van der Waals surface area contributed by atoms with Crippen LogP contribution in [0.3, 0.4) is 0 Å². The van der Waals surface area contributed by atoms with E-state index < -0.39 is 6.04 Å². The van der Waals surface area contributed by atoms with Crippen molar-refractivity contribution in [1.29, 1.82) is 0 Å². The largest absolute Gasteiger partial charge is 0.354 e. The third-order valence-corrected chi connectivity index (χ3v) is 5.98. The quantitative estimate of drug-likeness (QED) is 0.521. The summed E-state index contributed by atoms with van der Waals surface area (Å²) in [7, 11) is 0. The van der Waals surface area contributed by atoms with Gasteiger partial charge < -0.3 is 10.2 Å². The first kappa shape index (κ1) is 24.2. The summed E-state index contributed by atoms with van der Waals surface area (Å²) in [5.74, 6) is 0.207. The van der Waals surface area contributed by atoms with Gasteiger partial charge in [-0.1, -0.05) is 55.8 Å². The molecule has 0 bridgehead atoms. The fraction of sp³-hybridized carbons (Fsp3) is 0.391. The highest BCUT2D eigenvalue weighted by Gasteiger charge is 2.28. The van der Waals surface area contributed by atoms with Crippen LogP contribution in [0.1, 0.15) is 37.8 Å². The normalized spacial score (nSPS) is 11.7. The van der Waals surface area contributed by atoms with Crippen LogP contribution in [-0.4, -0.2) is 35.1 Å². The molecule has 0 fully saturated rings. The molecule has 1 N–H and O–H groups in total. The second kappa shape index (κ2) is 12.6. The molecule has 0 spiro atoms. The first-order chi connectivity index (χ1) is 14.5. The number of hydrogen-bond acceptors (Lipinski definition) is 3. The van der Waals surface area contributed by atoms with Gasteiger partial charge in [-0.05, 0) is 42.2 Å². The summed E-state index contributed by atoms with van der Waals surface area (Å²) in [6.07, 6.45) is 1.32. The third-order valence-electron chi connectivity index (χ3n) is 4.64. The smallest absolute Gasteiger partial charge is 0.242 e. The summed E-state index contributed by atoms with van der Waals surface area (Å²) in [5, 5.41) is 3.56. The highest BCUT2D eigenvalue weighted by atomic mass is 35.5. The molecule has 2 aromatic carbocycles. The van der Waals surface area contributed by atoms with Crippen molar-refractivity contribution in [3.63, 3.8) is 0 Å². The Morgan fingerprint density at radius 3 is 2.47 bits per heavy atom. The number of halogens is 2. The van der Waals surface area contributed by atoms with Crippen molar-refractivity contribution in [3.8, 4) is 0 Å². The molecule has 162 valence electrons. The molecule has 2 rings (SSSR count). The van der Waals surface area contributed by atoms with E-state index in [0.29, 0.717) is 23.7 Å². The third kappa shape index (κ3) is 7.33. The minimum atomic E-state index is -0.574. The monoisotopic (exact) mass is 450 g/mol. The summed E-state index contributed by atoms with van der Waals surface area (Å²) in [6.45, 7) is 4.69. The Kier molecular flexibility index (Phi) is 10.2. The van der Waals surface area contributed by atoms with Crippen molar-refractivity contribution in [2.75, 3.05) is 12.3 Å². The summed E-state index contributed by atoms with van der Waals surface area (Å²) >= 11 is 7.65. The molecule has 2 amide bonds. The molecule has 30 heavy (non-hydrogen) atoms. The lowest BCUT2D eigenvalue weighted by Crippen LogP contribution is -2.49. The van der Waals surface area contributed by atoms with E-state index in [1.807, 2.05) is 38.1 Å². The minimum Gasteiger partial charge on any atom is -0.354 e. The van der Waals surface area contributed by atoms with Crippen LogP contribution in [0, 0.1) is 5.82 Å². The Morgan fingerprint density at radius 2 is 1.83 bits per heavy atom. The van der Waals surface area contributed by atoms with Crippen molar-refractivity contribution in [2.45, 2.75) is 45.0 Å². The summed E-state index contributed by atoms with van der Waals surface area (Å²) in [6, 6.07) is 13.0. The molecule has 0 aliphatic heterocycles. The molecule has 2 aromatic rings. The fourth-order valence-corrected chi connectivity index (χ4v) is 4.21. The number of carbonyl (C=O) groups is 2. The average molecular weight is 451 g/mol. The summed E-state index contributed by atoms with van der Waals surface area (Å²) in [5.41, 5.74) is 1.75. The molecule has 0 unspecified atom stereocenters. The number of amides is 2. The molecular weight excluding hydrogens is 423 g/mol. The Bertz CT molecular complexity index is 832. The van der Waals surface area contributed by atoms with Crippen LogP contribution in [0.15, 0.2) is 48.5 Å². The van der Waals surface area contributed by atoms with Gasteiger partial charge in [-0.2, -0.15) is 0 Å². The molecule has 0 saturated carbocycles. The second-order valence-corrected chi connectivity index (χ2v) is 8.34. The second-order valence-electron chi connectivity index (χ2n) is 6.95. The first-order valence-electron chi connectivity index (χ1n) is 10.1. The Hall–Kier alpha value is -2.05. The van der Waals surface area contributed by atoms with Gasteiger partial charge >= 0.3 is 0 Å². The highest BCUT2D eigenvalue weighted by Crippen LogP contribution is 2.22. The van der Waals surface area contributed by atoms with Crippen LogP contribution in [0.5, 0.6) is 0 Å². The van der Waals surface area contributed by atoms with Gasteiger partial charge in [0.25, 0.3) is 0 Å². The van der Waals surface area contributed by atoms with E-state index >= 15 is 0 Å². The number of carbonyl (C=O) groups excluding carboxylic acids is 2. The number of benzene rings is 2. The van der Waals surface area contributed by atoms with Gasteiger partial charge in [0, 0.05) is 23.9 Å². The van der Waals surface area contributed by atoms with Gasteiger partial charge in [-0.25, -0.2) is 4.39 Å². The number of hydrogen-bond donors (Lipinski definition) is 1. The Balaban J connectivity index is 2.11. The zero-order valence-electron chi connectivity index (χ0n) is 17.4. The number of nitrogens with zero attached hydrogens (tertiary/aromatic N) is 1. The van der Waals surface area contributed by atoms with E-state index in [9.17, 15) is 14.0 Å². The molecule has 0 saturated heterocycles. The van der Waals surface area contributed by atoms with E-state index in [2.05, 4.69) is 5.32 Å². The lowest BCUT2D eigenvalue weighted by atomic mass is 10.1. The van der Waals surface area contributed by atoms with Crippen LogP contribution in [0.2, 0.25) is 5.02 Å². The van der Waals surface area contributed by atoms with Gasteiger partial charge in [0.15, 0.2) is 0 Å². The van der Waals surface area contributed by atoms with E-state index in [4.69, 9.17) is 11.6 Å². The predicted molar refractivity (Wildman–Crippen MR) is 122 cm³/mol. The molecule has 0 radical (unpaired) electrons. The van der Waals surface area contributed by atoms with E-state index in [1.54, 1.807) is 17.0 Å². The zero-order valence-corrected chi connectivity index (χ0v) is 18.9. The average Bonchev–Trinajstić information content (AvgIpc) is 2.74. The lowest BCUT2D eigenvalue weighted by molar-refractivity contribution is -0.139. The first-order valence-corrected chi connectivity index (χ1v) is 11.6. The molecule has 1 atom stereocenters. The van der Waals surface area contributed by atoms with Crippen LogP contribution < -0.4 is 5.32 Å². The van der Waals surface area contributed by atoms with Crippen molar-refractivity contribution in [3.05, 3.63) is 70.5 Å². The fourth-order valence-electron chi connectivity index (χ4n) is 3.02. The van der Waals surface area contributed by atoms with Crippen molar-refractivity contribution in [2.24, 2.45) is 0 Å². The van der Waals surface area contributed by atoms with Crippen molar-refractivity contribution < 1.29 is 14.0 Å². The lowest BCUT2D eigenvalue weighted by Gasteiger charge is -2.30. The topological polar surface area (TPSA) is 49.4 Å². The van der Waals surface area contributed by atoms with Gasteiger partial charge in [0.2, 0.25) is 11.8 Å². The molecule has 0 heterocycles. The maximum Gasteiger partial charge on any atom is 0.242 e. The van der Waals surface area contributed by atoms with E-state index in [-0.39, 0.29) is 29.9 Å². The predicted octanol–water partition coefficient (Wildman–Crippen LogP) is 5.05. The number of nitrogens with one attached hydrogen (secondary N) is 1. The number of rotatable bonds is 11. The van der Waals surface area contributed by atoms with Crippen molar-refractivity contribution >= 4 is 35.2 Å². The molecule has 4 nitrogen and oxygen atoms in total. The van der Waals surface area contributed by atoms with Crippen LogP contribution in [-0.2, 0) is 21.9 Å². The van der Waals surface area contributed by atoms with Gasteiger partial charge in [-0.15, -0.1) is 11.8 Å². The highest BCUT2D eigenvalue weighted by molar-refractivity contribution is 7.99. The maximum absolute atomic E-state index is 13.3. The summed E-state index contributed by atoms with van der Waals surface area (Å²) < 4.78 is 13.3. The molecule has 0 aliphatic rings. The SMILES string of the molecule is CCCNC(=O)[C@H](CC)N(Cc1ccc(F)cc1)C(=O)CSCc1ccccc1Cl. The molecule has 0 aromatic heterocycles. The van der Waals surface area contributed by atoms with Gasteiger partial charge in [0.1, 0.15) is 11.9 Å². The maximum atomic E-state index is 13.3. The van der Waals surface area contributed by atoms with Crippen LogP contribution in [0.25, 0.3) is 0 Å². The van der Waals surface area contributed by atoms with E-state index in [1.165, 1.54) is 23.9 Å². The Morgan fingerprint density at radius 1 is 1.13 bits per heavy atom. The van der Waals surface area contributed by atoms with Crippen LogP contribution >= 0.6 is 23.4 Å². The van der Waals surface area contributed by atoms with Gasteiger partial charge in [-0.3, -0.25) is 9.59 Å². The molecule has 0 aliphatic carbocycles. The van der Waals surface area contributed by atoms with Crippen LogP contribution in [0.4, 0.5) is 4.39 Å². The van der Waals surface area contributed by atoms with Gasteiger partial charge in [0.05, 0.1) is 5.75 Å². The molecule has 7 heteroatoms. The summed E-state index contributed by atoms with van der Waals surface area (Å²) in [4.78, 5) is 27.4. The minimum absolute atomic E-state index is 0.130. The van der Waals surface area contributed by atoms with E-state index in [0.717, 1.165) is 17.5 Å². The Labute approximate surface area is 187 Å². The zero-order chi connectivity index (χ0) is 21.9. The number of thioether (sulfide) groups is 1. The van der Waals surface area contributed by atoms with Crippen molar-refractivity contribution in [1.82, 2.24) is 10.2 Å². The standard InChI is InChI=1S/C23H28ClFN2O2S/c1-3-13-26-23(29)21(4-2)27(14-17-9-11-19(25)12-10-17)22(28)16-30-15-18-7-5-6-8-20(18)24/h5-12,21H,3-4,13-16H2,1-2H3,(H,26,29)/t21-/m0/s1.